The molecule has 1 amide bonds. The van der Waals surface area contributed by atoms with Gasteiger partial charge in [0.2, 0.25) is 5.91 Å². The SMILES string of the molecule is CNCCC1CCN(C(=O)CCC2CCC2)CC1.Cl. The van der Waals surface area contributed by atoms with E-state index in [-0.39, 0.29) is 12.4 Å². The van der Waals surface area contributed by atoms with E-state index in [1.807, 2.05) is 7.05 Å². The van der Waals surface area contributed by atoms with Gasteiger partial charge in [-0.25, -0.2) is 0 Å². The number of halogens is 1. The topological polar surface area (TPSA) is 32.3 Å². The summed E-state index contributed by atoms with van der Waals surface area (Å²) in [7, 11) is 2.01. The molecule has 1 aliphatic heterocycles. The lowest BCUT2D eigenvalue weighted by Gasteiger charge is -2.33. The van der Waals surface area contributed by atoms with E-state index in [1.165, 1.54) is 38.5 Å². The Balaban J connectivity index is 0.00000180. The van der Waals surface area contributed by atoms with Crippen molar-refractivity contribution in [1.82, 2.24) is 10.2 Å². The molecule has 3 nitrogen and oxygen atoms in total. The van der Waals surface area contributed by atoms with Crippen LogP contribution in [-0.4, -0.2) is 37.5 Å². The van der Waals surface area contributed by atoms with Gasteiger partial charge < -0.3 is 10.2 Å². The van der Waals surface area contributed by atoms with Crippen LogP contribution in [0.1, 0.15) is 51.4 Å². The predicted molar refractivity (Wildman–Crippen MR) is 81.7 cm³/mol. The number of nitrogens with zero attached hydrogens (tertiary/aromatic N) is 1. The first kappa shape index (κ1) is 16.8. The summed E-state index contributed by atoms with van der Waals surface area (Å²) in [6.07, 6.45) is 9.72. The summed E-state index contributed by atoms with van der Waals surface area (Å²) in [6, 6.07) is 0. The highest BCUT2D eigenvalue weighted by Crippen LogP contribution is 2.31. The van der Waals surface area contributed by atoms with E-state index in [1.54, 1.807) is 0 Å². The third kappa shape index (κ3) is 5.31. The van der Waals surface area contributed by atoms with Gasteiger partial charge in [0.1, 0.15) is 0 Å². The minimum Gasteiger partial charge on any atom is -0.343 e. The number of rotatable bonds is 6. The third-order valence-electron chi connectivity index (χ3n) is 4.76. The van der Waals surface area contributed by atoms with Gasteiger partial charge in [-0.2, -0.15) is 0 Å². The fourth-order valence-corrected chi connectivity index (χ4v) is 3.09. The van der Waals surface area contributed by atoms with Gasteiger partial charge in [-0.05, 0) is 51.1 Å². The summed E-state index contributed by atoms with van der Waals surface area (Å²) in [5, 5.41) is 3.21. The van der Waals surface area contributed by atoms with Crippen molar-refractivity contribution in [3.63, 3.8) is 0 Å². The molecular weight excluding hydrogens is 260 g/mol. The molecule has 1 N–H and O–H groups in total. The van der Waals surface area contributed by atoms with Crippen molar-refractivity contribution in [3.8, 4) is 0 Å². The molecule has 4 heteroatoms. The molecule has 2 rings (SSSR count). The summed E-state index contributed by atoms with van der Waals surface area (Å²) < 4.78 is 0. The molecule has 0 bridgehead atoms. The zero-order chi connectivity index (χ0) is 12.8. The van der Waals surface area contributed by atoms with Crippen molar-refractivity contribution < 1.29 is 4.79 Å². The normalized spacial score (nSPS) is 20.8. The Morgan fingerprint density at radius 3 is 2.26 bits per heavy atom. The predicted octanol–water partition coefficient (Wildman–Crippen LogP) is 2.84. The van der Waals surface area contributed by atoms with Gasteiger partial charge in [0.05, 0.1) is 0 Å². The van der Waals surface area contributed by atoms with E-state index < -0.39 is 0 Å². The number of hydrogen-bond acceptors (Lipinski definition) is 2. The second kappa shape index (κ2) is 8.80. The summed E-state index contributed by atoms with van der Waals surface area (Å²) in [5.74, 6) is 2.10. The van der Waals surface area contributed by atoms with Crippen LogP contribution in [0.5, 0.6) is 0 Å². The fourth-order valence-electron chi connectivity index (χ4n) is 3.09. The van der Waals surface area contributed by atoms with Crippen molar-refractivity contribution >= 4 is 18.3 Å². The molecule has 0 aromatic carbocycles. The van der Waals surface area contributed by atoms with Crippen LogP contribution in [0.25, 0.3) is 0 Å². The molecule has 1 aliphatic carbocycles. The van der Waals surface area contributed by atoms with Gasteiger partial charge >= 0.3 is 0 Å². The maximum Gasteiger partial charge on any atom is 0.222 e. The van der Waals surface area contributed by atoms with Crippen molar-refractivity contribution in [2.75, 3.05) is 26.7 Å². The smallest absolute Gasteiger partial charge is 0.222 e. The molecule has 1 saturated heterocycles. The Labute approximate surface area is 123 Å². The molecule has 0 spiro atoms. The van der Waals surface area contributed by atoms with Crippen molar-refractivity contribution in [2.45, 2.75) is 51.4 Å². The van der Waals surface area contributed by atoms with Crippen molar-refractivity contribution in [3.05, 3.63) is 0 Å². The molecule has 0 unspecified atom stereocenters. The molecule has 112 valence electrons. The number of nitrogens with one attached hydrogen (secondary N) is 1. The average molecular weight is 289 g/mol. The maximum absolute atomic E-state index is 12.1. The van der Waals surface area contributed by atoms with Crippen molar-refractivity contribution in [1.29, 1.82) is 0 Å². The molecule has 0 atom stereocenters. The maximum atomic E-state index is 12.1. The highest BCUT2D eigenvalue weighted by molar-refractivity contribution is 5.85. The van der Waals surface area contributed by atoms with E-state index >= 15 is 0 Å². The molecule has 0 aromatic rings. The molecule has 1 saturated carbocycles. The third-order valence-corrected chi connectivity index (χ3v) is 4.76. The fraction of sp³-hybridized carbons (Fsp3) is 0.933. The Morgan fingerprint density at radius 1 is 1.11 bits per heavy atom. The van der Waals surface area contributed by atoms with E-state index in [2.05, 4.69) is 10.2 Å². The van der Waals surface area contributed by atoms with Gasteiger partial charge in [-0.3, -0.25) is 4.79 Å². The van der Waals surface area contributed by atoms with Gasteiger partial charge in [0.15, 0.2) is 0 Å². The summed E-state index contributed by atoms with van der Waals surface area (Å²) in [6.45, 7) is 3.11. The van der Waals surface area contributed by atoms with Crippen molar-refractivity contribution in [2.24, 2.45) is 11.8 Å². The molecule has 2 fully saturated rings. The molecular formula is C15H29ClN2O. The Hall–Kier alpha value is -0.280. The van der Waals surface area contributed by atoms with Crippen LogP contribution in [0.4, 0.5) is 0 Å². The van der Waals surface area contributed by atoms with Crippen LogP contribution < -0.4 is 5.32 Å². The Bertz CT molecular complexity index is 261. The highest BCUT2D eigenvalue weighted by Gasteiger charge is 2.24. The number of carbonyl (C=O) groups excluding carboxylic acids is 1. The van der Waals surface area contributed by atoms with Crippen LogP contribution in [0.2, 0.25) is 0 Å². The molecule has 0 aromatic heterocycles. The second-order valence-electron chi connectivity index (χ2n) is 6.05. The number of amides is 1. The zero-order valence-corrected chi connectivity index (χ0v) is 13.0. The van der Waals surface area contributed by atoms with Crippen LogP contribution in [0, 0.1) is 11.8 Å². The first-order chi connectivity index (χ1) is 8.79. The van der Waals surface area contributed by atoms with E-state index in [0.29, 0.717) is 5.91 Å². The monoisotopic (exact) mass is 288 g/mol. The van der Waals surface area contributed by atoms with Gasteiger partial charge in [-0.15, -0.1) is 12.4 Å². The minimum absolute atomic E-state index is 0. The quantitative estimate of drug-likeness (QED) is 0.815. The first-order valence-corrected chi connectivity index (χ1v) is 7.72. The van der Waals surface area contributed by atoms with Crippen LogP contribution in [-0.2, 0) is 4.79 Å². The summed E-state index contributed by atoms with van der Waals surface area (Å²) >= 11 is 0. The van der Waals surface area contributed by atoms with Gasteiger partial charge in [0, 0.05) is 19.5 Å². The summed E-state index contributed by atoms with van der Waals surface area (Å²) in [4.78, 5) is 14.2. The second-order valence-corrected chi connectivity index (χ2v) is 6.05. The molecule has 0 radical (unpaired) electrons. The van der Waals surface area contributed by atoms with Crippen LogP contribution in [0.3, 0.4) is 0 Å². The molecule has 1 heterocycles. The number of piperidine rings is 1. The number of likely N-dealkylation sites (tertiary alicyclic amines) is 1. The van der Waals surface area contributed by atoms with Crippen LogP contribution in [0.15, 0.2) is 0 Å². The lowest BCUT2D eigenvalue weighted by Crippen LogP contribution is -2.39. The minimum atomic E-state index is 0. The molecule has 19 heavy (non-hydrogen) atoms. The van der Waals surface area contributed by atoms with Gasteiger partial charge in [-0.1, -0.05) is 19.3 Å². The van der Waals surface area contributed by atoms with Gasteiger partial charge in [0.25, 0.3) is 0 Å². The lowest BCUT2D eigenvalue weighted by atomic mass is 9.82. The van der Waals surface area contributed by atoms with E-state index in [4.69, 9.17) is 0 Å². The number of hydrogen-bond donors (Lipinski definition) is 1. The number of carbonyl (C=O) groups is 1. The highest BCUT2D eigenvalue weighted by atomic mass is 35.5. The standard InChI is InChI=1S/C15H28N2O.ClH/c1-16-10-7-14-8-11-17(12-9-14)15(18)6-5-13-3-2-4-13;/h13-14,16H,2-12H2,1H3;1H. The average Bonchev–Trinajstić information content (AvgIpc) is 2.35. The van der Waals surface area contributed by atoms with E-state index in [9.17, 15) is 4.79 Å². The largest absolute Gasteiger partial charge is 0.343 e. The zero-order valence-electron chi connectivity index (χ0n) is 12.2. The van der Waals surface area contributed by atoms with E-state index in [0.717, 1.165) is 44.3 Å². The Morgan fingerprint density at radius 2 is 1.74 bits per heavy atom. The first-order valence-electron chi connectivity index (χ1n) is 7.72. The van der Waals surface area contributed by atoms with Crippen LogP contribution >= 0.6 is 12.4 Å². The lowest BCUT2D eigenvalue weighted by molar-refractivity contribution is -0.133. The molecule has 2 aliphatic rings. The summed E-state index contributed by atoms with van der Waals surface area (Å²) in [5.41, 5.74) is 0. The Kier molecular flexibility index (Phi) is 7.77.